The van der Waals surface area contributed by atoms with Crippen LogP contribution in [0.3, 0.4) is 0 Å². The van der Waals surface area contributed by atoms with E-state index in [1.165, 1.54) is 11.1 Å². The van der Waals surface area contributed by atoms with Crippen molar-refractivity contribution in [2.24, 2.45) is 5.73 Å². The topological polar surface area (TPSA) is 26.0 Å². The van der Waals surface area contributed by atoms with Gasteiger partial charge in [-0.05, 0) is 25.5 Å². The second-order valence-electron chi connectivity index (χ2n) is 2.94. The Labute approximate surface area is 73.9 Å². The van der Waals surface area contributed by atoms with E-state index in [2.05, 4.69) is 25.1 Å². The van der Waals surface area contributed by atoms with Gasteiger partial charge in [-0.15, -0.1) is 0 Å². The molecule has 1 nitrogen and oxygen atoms in total. The van der Waals surface area contributed by atoms with E-state index in [0.29, 0.717) is 0 Å². The summed E-state index contributed by atoms with van der Waals surface area (Å²) < 4.78 is 0. The summed E-state index contributed by atoms with van der Waals surface area (Å²) in [6, 6.07) is 10.3. The molecule has 0 aliphatic carbocycles. The third-order valence-corrected chi connectivity index (χ3v) is 1.75. The van der Waals surface area contributed by atoms with E-state index in [1.54, 1.807) is 0 Å². The predicted octanol–water partition coefficient (Wildman–Crippen LogP) is 2.44. The number of hydrogen-bond acceptors (Lipinski definition) is 1. The molecule has 0 heterocycles. The Morgan fingerprint density at radius 1 is 1.33 bits per heavy atom. The maximum Gasteiger partial charge on any atom is -0.00399 e. The van der Waals surface area contributed by atoms with Crippen LogP contribution in [0.5, 0.6) is 0 Å². The summed E-state index contributed by atoms with van der Waals surface area (Å²) in [5.41, 5.74) is 8.03. The monoisotopic (exact) mass is 161 g/mol. The predicted molar refractivity (Wildman–Crippen MR) is 53.8 cm³/mol. The first-order chi connectivity index (χ1) is 5.83. The number of nitrogens with two attached hydrogens (primary N) is 1. The van der Waals surface area contributed by atoms with E-state index in [9.17, 15) is 0 Å². The first-order valence-corrected chi connectivity index (χ1v) is 4.25. The third-order valence-electron chi connectivity index (χ3n) is 1.75. The Hall–Kier alpha value is -1.08. The molecule has 0 unspecified atom stereocenters. The average Bonchev–Trinajstić information content (AvgIpc) is 2.06. The fourth-order valence-corrected chi connectivity index (χ4v) is 1.13. The van der Waals surface area contributed by atoms with Gasteiger partial charge in [0.2, 0.25) is 0 Å². The summed E-state index contributed by atoms with van der Waals surface area (Å²) in [6.45, 7) is 2.84. The minimum absolute atomic E-state index is 0.731. The maximum atomic E-state index is 5.44. The highest BCUT2D eigenvalue weighted by molar-refractivity contribution is 5.51. The molecule has 0 aliphatic heterocycles. The summed E-state index contributed by atoms with van der Waals surface area (Å²) >= 11 is 0. The van der Waals surface area contributed by atoms with E-state index in [1.807, 2.05) is 18.2 Å². The zero-order valence-electron chi connectivity index (χ0n) is 7.46. The van der Waals surface area contributed by atoms with Crippen LogP contribution in [-0.4, -0.2) is 6.54 Å². The van der Waals surface area contributed by atoms with Crippen LogP contribution in [0.25, 0.3) is 6.08 Å². The fraction of sp³-hybridized carbons (Fsp3) is 0.273. The van der Waals surface area contributed by atoms with Crippen LogP contribution >= 0.6 is 0 Å². The van der Waals surface area contributed by atoms with Crippen molar-refractivity contribution in [1.82, 2.24) is 0 Å². The molecule has 0 saturated heterocycles. The zero-order valence-corrected chi connectivity index (χ0v) is 7.46. The number of benzene rings is 1. The summed E-state index contributed by atoms with van der Waals surface area (Å²) in [4.78, 5) is 0. The van der Waals surface area contributed by atoms with Crippen LogP contribution in [0.2, 0.25) is 0 Å². The van der Waals surface area contributed by atoms with Gasteiger partial charge >= 0.3 is 0 Å². The van der Waals surface area contributed by atoms with Crippen molar-refractivity contribution in [2.45, 2.75) is 13.3 Å². The Kier molecular flexibility index (Phi) is 3.55. The summed E-state index contributed by atoms with van der Waals surface area (Å²) in [7, 11) is 0. The molecule has 0 radical (unpaired) electrons. The smallest absolute Gasteiger partial charge is 0.00399 e. The Bertz CT molecular complexity index is 249. The molecular weight excluding hydrogens is 146 g/mol. The van der Waals surface area contributed by atoms with Gasteiger partial charge in [-0.3, -0.25) is 0 Å². The molecule has 1 aromatic rings. The van der Waals surface area contributed by atoms with Gasteiger partial charge in [0, 0.05) is 0 Å². The fourth-order valence-electron chi connectivity index (χ4n) is 1.13. The van der Waals surface area contributed by atoms with Gasteiger partial charge in [0.1, 0.15) is 0 Å². The highest BCUT2D eigenvalue weighted by Crippen LogP contribution is 2.07. The summed E-state index contributed by atoms with van der Waals surface area (Å²) in [5, 5.41) is 0. The molecule has 0 bridgehead atoms. The lowest BCUT2D eigenvalue weighted by atomic mass is 10.1. The molecule has 64 valence electrons. The maximum absolute atomic E-state index is 5.44. The van der Waals surface area contributed by atoms with Crippen molar-refractivity contribution in [3.05, 3.63) is 41.5 Å². The molecule has 12 heavy (non-hydrogen) atoms. The largest absolute Gasteiger partial charge is 0.330 e. The Morgan fingerprint density at radius 2 is 2.00 bits per heavy atom. The summed E-state index contributed by atoms with van der Waals surface area (Å²) in [6.07, 6.45) is 3.15. The molecule has 0 aliphatic rings. The van der Waals surface area contributed by atoms with Gasteiger partial charge in [0.05, 0.1) is 0 Å². The van der Waals surface area contributed by atoms with Crippen molar-refractivity contribution in [1.29, 1.82) is 0 Å². The van der Waals surface area contributed by atoms with E-state index in [0.717, 1.165) is 13.0 Å². The van der Waals surface area contributed by atoms with E-state index in [-0.39, 0.29) is 0 Å². The van der Waals surface area contributed by atoms with Crippen LogP contribution in [-0.2, 0) is 0 Å². The molecular formula is C11H15N. The number of hydrogen-bond donors (Lipinski definition) is 1. The van der Waals surface area contributed by atoms with Gasteiger partial charge in [0.25, 0.3) is 0 Å². The van der Waals surface area contributed by atoms with Gasteiger partial charge in [-0.2, -0.15) is 0 Å². The molecule has 0 aromatic heterocycles. The molecule has 0 amide bonds. The average molecular weight is 161 g/mol. The van der Waals surface area contributed by atoms with E-state index < -0.39 is 0 Å². The Morgan fingerprint density at radius 3 is 2.58 bits per heavy atom. The molecule has 0 fully saturated rings. The highest BCUT2D eigenvalue weighted by Gasteiger charge is 1.88. The number of rotatable bonds is 3. The first-order valence-electron chi connectivity index (χ1n) is 4.25. The van der Waals surface area contributed by atoms with Crippen LogP contribution in [0, 0.1) is 0 Å². The van der Waals surface area contributed by atoms with Crippen LogP contribution in [0.4, 0.5) is 0 Å². The molecule has 2 N–H and O–H groups in total. The quantitative estimate of drug-likeness (QED) is 0.724. The SMILES string of the molecule is C/C(=C\c1ccccc1)CCN. The lowest BCUT2D eigenvalue weighted by Gasteiger charge is -1.97. The van der Waals surface area contributed by atoms with Gasteiger partial charge in [-0.25, -0.2) is 0 Å². The minimum atomic E-state index is 0.731. The van der Waals surface area contributed by atoms with Gasteiger partial charge < -0.3 is 5.73 Å². The molecule has 0 saturated carbocycles. The minimum Gasteiger partial charge on any atom is -0.330 e. The van der Waals surface area contributed by atoms with Crippen molar-refractivity contribution < 1.29 is 0 Å². The molecule has 1 rings (SSSR count). The van der Waals surface area contributed by atoms with E-state index in [4.69, 9.17) is 5.73 Å². The Balaban J connectivity index is 2.67. The highest BCUT2D eigenvalue weighted by atomic mass is 14.5. The molecule has 0 atom stereocenters. The van der Waals surface area contributed by atoms with Crippen LogP contribution in [0.15, 0.2) is 35.9 Å². The van der Waals surface area contributed by atoms with Gasteiger partial charge in [-0.1, -0.05) is 42.0 Å². The van der Waals surface area contributed by atoms with Crippen molar-refractivity contribution >= 4 is 6.08 Å². The van der Waals surface area contributed by atoms with Crippen molar-refractivity contribution in [3.8, 4) is 0 Å². The second-order valence-corrected chi connectivity index (χ2v) is 2.94. The van der Waals surface area contributed by atoms with Crippen LogP contribution in [0.1, 0.15) is 18.9 Å². The third kappa shape index (κ3) is 2.89. The van der Waals surface area contributed by atoms with E-state index >= 15 is 0 Å². The normalized spacial score (nSPS) is 11.7. The molecule has 1 aromatic carbocycles. The summed E-state index contributed by atoms with van der Waals surface area (Å²) in [5.74, 6) is 0. The first kappa shape index (κ1) is 9.01. The van der Waals surface area contributed by atoms with Gasteiger partial charge in [0.15, 0.2) is 0 Å². The van der Waals surface area contributed by atoms with Crippen LogP contribution < -0.4 is 5.73 Å². The standard InChI is InChI=1S/C11H15N/c1-10(7-8-12)9-11-5-3-2-4-6-11/h2-6,9H,7-8,12H2,1H3/b10-9+. The zero-order chi connectivity index (χ0) is 8.81. The lowest BCUT2D eigenvalue weighted by Crippen LogP contribution is -1.98. The molecule has 0 spiro atoms. The van der Waals surface area contributed by atoms with Crippen molar-refractivity contribution in [2.75, 3.05) is 6.54 Å². The lowest BCUT2D eigenvalue weighted by molar-refractivity contribution is 0.957. The second kappa shape index (κ2) is 4.73. The molecule has 1 heteroatoms. The van der Waals surface area contributed by atoms with Crippen molar-refractivity contribution in [3.63, 3.8) is 0 Å².